The number of furan rings is 1. The number of carbonyl (C=O) groups excluding carboxylic acids is 2. The van der Waals surface area contributed by atoms with E-state index in [-0.39, 0.29) is 16.8 Å². The van der Waals surface area contributed by atoms with Gasteiger partial charge in [0.05, 0.1) is 9.83 Å². The summed E-state index contributed by atoms with van der Waals surface area (Å²) in [6, 6.07) is 7.88. The minimum atomic E-state index is -0.465. The fourth-order valence-corrected chi connectivity index (χ4v) is 3.35. The van der Waals surface area contributed by atoms with E-state index in [9.17, 15) is 19.7 Å². The Balaban J connectivity index is 1.93. The van der Waals surface area contributed by atoms with Crippen molar-refractivity contribution in [2.45, 2.75) is 13.8 Å². The molecule has 0 radical (unpaired) electrons. The maximum absolute atomic E-state index is 12.1. The molecular weight excluding hydrogens is 344 g/mol. The predicted molar refractivity (Wildman–Crippen MR) is 93.9 cm³/mol. The van der Waals surface area contributed by atoms with Gasteiger partial charge in [-0.2, -0.15) is 0 Å². The molecule has 8 heteroatoms. The number of nitrogens with zero attached hydrogens (tertiary/aromatic N) is 2. The molecule has 1 aromatic carbocycles. The average molecular weight is 358 g/mol. The van der Waals surface area contributed by atoms with E-state index in [4.69, 9.17) is 4.42 Å². The van der Waals surface area contributed by atoms with Gasteiger partial charge in [0.2, 0.25) is 0 Å². The standard InChI is InChI=1S/C17H14N2O5S/c1-3-18-16(20)15(25-17(18)21)9-12-6-7-14(24-12)13-8-11(19(22)23)5-4-10(13)2/h4-9H,3H2,1-2H3/b15-9+. The van der Waals surface area contributed by atoms with Crippen LogP contribution in [0.25, 0.3) is 17.4 Å². The van der Waals surface area contributed by atoms with Crippen LogP contribution in [0.1, 0.15) is 18.2 Å². The highest BCUT2D eigenvalue weighted by Crippen LogP contribution is 2.34. The van der Waals surface area contributed by atoms with Crippen LogP contribution in [0.3, 0.4) is 0 Å². The Morgan fingerprint density at radius 2 is 2.04 bits per heavy atom. The van der Waals surface area contributed by atoms with Gasteiger partial charge in [0, 0.05) is 30.3 Å². The third-order valence-corrected chi connectivity index (χ3v) is 4.69. The zero-order valence-corrected chi connectivity index (χ0v) is 14.3. The van der Waals surface area contributed by atoms with Gasteiger partial charge in [0.1, 0.15) is 11.5 Å². The molecule has 1 aliphatic rings. The van der Waals surface area contributed by atoms with Crippen molar-refractivity contribution in [3.8, 4) is 11.3 Å². The summed E-state index contributed by atoms with van der Waals surface area (Å²) >= 11 is 0.865. The fourth-order valence-electron chi connectivity index (χ4n) is 2.47. The van der Waals surface area contributed by atoms with E-state index in [1.165, 1.54) is 18.2 Å². The number of rotatable bonds is 4. The molecule has 0 unspecified atom stereocenters. The summed E-state index contributed by atoms with van der Waals surface area (Å²) in [5.41, 5.74) is 1.41. The summed E-state index contributed by atoms with van der Waals surface area (Å²) in [5.74, 6) is 0.520. The zero-order chi connectivity index (χ0) is 18.1. The molecule has 1 aliphatic heterocycles. The summed E-state index contributed by atoms with van der Waals surface area (Å²) < 4.78 is 5.71. The van der Waals surface area contributed by atoms with Crippen molar-refractivity contribution in [3.05, 3.63) is 56.7 Å². The van der Waals surface area contributed by atoms with Crippen LogP contribution in [0.4, 0.5) is 10.5 Å². The van der Waals surface area contributed by atoms with E-state index in [0.29, 0.717) is 28.5 Å². The van der Waals surface area contributed by atoms with Crippen LogP contribution in [0, 0.1) is 17.0 Å². The Labute approximate surface area is 147 Å². The average Bonchev–Trinajstić information content (AvgIpc) is 3.13. The summed E-state index contributed by atoms with van der Waals surface area (Å²) in [6.45, 7) is 3.88. The maximum Gasteiger partial charge on any atom is 0.293 e. The molecule has 0 spiro atoms. The highest BCUT2D eigenvalue weighted by Gasteiger charge is 2.33. The maximum atomic E-state index is 12.1. The molecule has 1 fully saturated rings. The number of hydrogen-bond donors (Lipinski definition) is 0. The van der Waals surface area contributed by atoms with Crippen molar-refractivity contribution in [2.75, 3.05) is 6.54 Å². The molecular formula is C17H14N2O5S. The first-order valence-corrected chi connectivity index (χ1v) is 8.33. The first-order valence-electron chi connectivity index (χ1n) is 7.51. The quantitative estimate of drug-likeness (QED) is 0.461. The molecule has 2 amide bonds. The molecule has 0 aliphatic carbocycles. The number of amides is 2. The second kappa shape index (κ2) is 6.56. The zero-order valence-electron chi connectivity index (χ0n) is 13.5. The number of likely N-dealkylation sites (N-methyl/N-ethyl adjacent to an activating group) is 1. The second-order valence-corrected chi connectivity index (χ2v) is 6.38. The Morgan fingerprint density at radius 3 is 2.68 bits per heavy atom. The normalized spacial score (nSPS) is 16.1. The third-order valence-electron chi connectivity index (χ3n) is 3.79. The number of aryl methyl sites for hydroxylation is 1. The molecule has 0 saturated carbocycles. The van der Waals surface area contributed by atoms with Crippen molar-refractivity contribution < 1.29 is 18.9 Å². The molecule has 2 heterocycles. The first kappa shape index (κ1) is 17.0. The molecule has 128 valence electrons. The SMILES string of the molecule is CCN1C(=O)S/C(=C/c2ccc(-c3cc([N+](=O)[O-])ccc3C)o2)C1=O. The Kier molecular flexibility index (Phi) is 4.45. The van der Waals surface area contributed by atoms with Crippen molar-refractivity contribution in [1.82, 2.24) is 4.90 Å². The number of nitro benzene ring substituents is 1. The number of benzene rings is 1. The number of hydrogen-bond acceptors (Lipinski definition) is 6. The minimum absolute atomic E-state index is 0.0254. The second-order valence-electron chi connectivity index (χ2n) is 5.38. The molecule has 25 heavy (non-hydrogen) atoms. The molecule has 0 atom stereocenters. The molecule has 3 rings (SSSR count). The largest absolute Gasteiger partial charge is 0.457 e. The molecule has 7 nitrogen and oxygen atoms in total. The van der Waals surface area contributed by atoms with Gasteiger partial charge >= 0.3 is 0 Å². The van der Waals surface area contributed by atoms with Crippen LogP contribution in [-0.2, 0) is 4.79 Å². The lowest BCUT2D eigenvalue weighted by atomic mass is 10.1. The summed E-state index contributed by atoms with van der Waals surface area (Å²) in [6.07, 6.45) is 1.51. The molecule has 1 saturated heterocycles. The number of nitro groups is 1. The van der Waals surface area contributed by atoms with Crippen LogP contribution in [0.2, 0.25) is 0 Å². The van der Waals surface area contributed by atoms with E-state index in [0.717, 1.165) is 22.2 Å². The van der Waals surface area contributed by atoms with Crippen molar-refractivity contribution >= 4 is 34.7 Å². The van der Waals surface area contributed by atoms with E-state index < -0.39 is 4.92 Å². The van der Waals surface area contributed by atoms with E-state index >= 15 is 0 Å². The predicted octanol–water partition coefficient (Wildman–Crippen LogP) is 4.22. The Morgan fingerprint density at radius 1 is 1.28 bits per heavy atom. The van der Waals surface area contributed by atoms with Crippen molar-refractivity contribution in [2.24, 2.45) is 0 Å². The number of thioether (sulfide) groups is 1. The van der Waals surface area contributed by atoms with Crippen LogP contribution in [0.5, 0.6) is 0 Å². The van der Waals surface area contributed by atoms with Crippen LogP contribution in [0.15, 0.2) is 39.7 Å². The van der Waals surface area contributed by atoms with Gasteiger partial charge in [-0.3, -0.25) is 24.6 Å². The van der Waals surface area contributed by atoms with E-state index in [1.807, 2.05) is 6.92 Å². The van der Waals surface area contributed by atoms with Crippen molar-refractivity contribution in [3.63, 3.8) is 0 Å². The first-order chi connectivity index (χ1) is 11.9. The molecule has 1 aromatic heterocycles. The summed E-state index contributed by atoms with van der Waals surface area (Å²) in [7, 11) is 0. The van der Waals surface area contributed by atoms with Crippen LogP contribution >= 0.6 is 11.8 Å². The smallest absolute Gasteiger partial charge is 0.293 e. The van der Waals surface area contributed by atoms with Gasteiger partial charge < -0.3 is 4.42 Å². The topological polar surface area (TPSA) is 93.7 Å². The van der Waals surface area contributed by atoms with Crippen LogP contribution in [-0.4, -0.2) is 27.5 Å². The molecule has 0 N–H and O–H groups in total. The highest BCUT2D eigenvalue weighted by atomic mass is 32.2. The van der Waals surface area contributed by atoms with Gasteiger partial charge in [-0.1, -0.05) is 6.07 Å². The van der Waals surface area contributed by atoms with E-state index in [2.05, 4.69) is 0 Å². The van der Waals surface area contributed by atoms with Crippen molar-refractivity contribution in [1.29, 1.82) is 0 Å². The van der Waals surface area contributed by atoms with Gasteiger partial charge in [-0.05, 0) is 43.3 Å². The van der Waals surface area contributed by atoms with Crippen LogP contribution < -0.4 is 0 Å². The highest BCUT2D eigenvalue weighted by molar-refractivity contribution is 8.18. The number of non-ortho nitro benzene ring substituents is 1. The third kappa shape index (κ3) is 3.20. The lowest BCUT2D eigenvalue weighted by Gasteiger charge is -2.06. The lowest BCUT2D eigenvalue weighted by Crippen LogP contribution is -2.27. The minimum Gasteiger partial charge on any atom is -0.457 e. The number of carbonyl (C=O) groups is 2. The van der Waals surface area contributed by atoms with Gasteiger partial charge in [-0.15, -0.1) is 0 Å². The van der Waals surface area contributed by atoms with Gasteiger partial charge in [0.15, 0.2) is 0 Å². The summed E-state index contributed by atoms with van der Waals surface area (Å²) in [4.78, 5) is 35.8. The van der Waals surface area contributed by atoms with E-state index in [1.54, 1.807) is 25.1 Å². The monoisotopic (exact) mass is 358 g/mol. The van der Waals surface area contributed by atoms with Gasteiger partial charge in [0.25, 0.3) is 16.8 Å². The molecule has 2 aromatic rings. The fraction of sp³-hybridized carbons (Fsp3) is 0.176. The Hall–Kier alpha value is -2.87. The Bertz CT molecular complexity index is 916. The number of imide groups is 1. The van der Waals surface area contributed by atoms with Gasteiger partial charge in [-0.25, -0.2) is 0 Å². The lowest BCUT2D eigenvalue weighted by molar-refractivity contribution is -0.384. The summed E-state index contributed by atoms with van der Waals surface area (Å²) in [5, 5.41) is 10.6. The molecule has 0 bridgehead atoms.